The van der Waals surface area contributed by atoms with Crippen molar-refractivity contribution >= 4 is 17.0 Å². The second-order valence-corrected chi connectivity index (χ2v) is 5.97. The first kappa shape index (κ1) is 17.2. The molecule has 0 aliphatic carbocycles. The van der Waals surface area contributed by atoms with Crippen LogP contribution in [0, 0.1) is 12.7 Å². The van der Waals surface area contributed by atoms with Crippen molar-refractivity contribution in [2.45, 2.75) is 19.5 Å². The summed E-state index contributed by atoms with van der Waals surface area (Å²) < 4.78 is 14.9. The molecule has 0 fully saturated rings. The molecule has 0 amide bonds. The van der Waals surface area contributed by atoms with Gasteiger partial charge in [-0.1, -0.05) is 6.07 Å². The smallest absolute Gasteiger partial charge is 0.165 e. The van der Waals surface area contributed by atoms with Gasteiger partial charge in [-0.2, -0.15) is 0 Å². The Labute approximate surface area is 144 Å². The first-order chi connectivity index (χ1) is 12.0. The summed E-state index contributed by atoms with van der Waals surface area (Å²) in [4.78, 5) is 14.8. The van der Waals surface area contributed by atoms with Gasteiger partial charge in [0.1, 0.15) is 12.1 Å². The second-order valence-electron chi connectivity index (χ2n) is 5.97. The van der Waals surface area contributed by atoms with Crippen LogP contribution in [0.15, 0.2) is 30.9 Å². The van der Waals surface area contributed by atoms with E-state index in [9.17, 15) is 14.6 Å². The van der Waals surface area contributed by atoms with Crippen molar-refractivity contribution in [3.8, 4) is 0 Å². The maximum absolute atomic E-state index is 13.3. The summed E-state index contributed by atoms with van der Waals surface area (Å²) >= 11 is 0. The molecule has 0 bridgehead atoms. The molecule has 0 aliphatic rings. The van der Waals surface area contributed by atoms with Crippen molar-refractivity contribution in [1.29, 1.82) is 0 Å². The molecule has 8 heteroatoms. The lowest BCUT2D eigenvalue weighted by Gasteiger charge is -2.20. The van der Waals surface area contributed by atoms with Crippen LogP contribution >= 0.6 is 0 Å². The highest BCUT2D eigenvalue weighted by Crippen LogP contribution is 2.24. The van der Waals surface area contributed by atoms with Gasteiger partial charge in [0.2, 0.25) is 0 Å². The van der Waals surface area contributed by atoms with Crippen molar-refractivity contribution in [3.05, 3.63) is 47.8 Å². The maximum atomic E-state index is 13.3. The molecule has 2 N–H and O–H groups in total. The Morgan fingerprint density at radius 3 is 2.64 bits per heavy atom. The van der Waals surface area contributed by atoms with Crippen LogP contribution in [0.2, 0.25) is 0 Å². The minimum Gasteiger partial charge on any atom is -0.394 e. The van der Waals surface area contributed by atoms with E-state index in [0.717, 1.165) is 11.1 Å². The average Bonchev–Trinajstić information content (AvgIpc) is 3.02. The number of halogens is 1. The lowest BCUT2D eigenvalue weighted by atomic mass is 10.1. The zero-order chi connectivity index (χ0) is 18.0. The fraction of sp³-hybridized carbons (Fsp3) is 0.353. The van der Waals surface area contributed by atoms with E-state index in [1.54, 1.807) is 10.6 Å². The van der Waals surface area contributed by atoms with Crippen LogP contribution in [0.4, 0.5) is 10.2 Å². The number of hydrogen-bond acceptors (Lipinski definition) is 6. The number of aryl methyl sites for hydroxylation is 1. The van der Waals surface area contributed by atoms with Crippen molar-refractivity contribution in [2.75, 3.05) is 25.2 Å². The van der Waals surface area contributed by atoms with E-state index in [-0.39, 0.29) is 19.0 Å². The third kappa shape index (κ3) is 3.31. The number of aliphatic hydroxyl groups is 2. The number of hydrogen-bond donors (Lipinski definition) is 2. The van der Waals surface area contributed by atoms with E-state index in [1.807, 2.05) is 18.9 Å². The summed E-state index contributed by atoms with van der Waals surface area (Å²) in [6.07, 6.45) is 2.96. The van der Waals surface area contributed by atoms with Crippen LogP contribution in [-0.4, -0.2) is 50.0 Å². The van der Waals surface area contributed by atoms with E-state index in [0.29, 0.717) is 23.5 Å². The molecular formula is C17H20FN5O2. The van der Waals surface area contributed by atoms with Crippen LogP contribution in [0.1, 0.15) is 17.2 Å². The van der Waals surface area contributed by atoms with Crippen molar-refractivity contribution in [2.24, 2.45) is 0 Å². The lowest BCUT2D eigenvalue weighted by molar-refractivity contribution is 0.156. The number of fused-ring (bicyclic) bond motifs is 1. The van der Waals surface area contributed by atoms with E-state index in [2.05, 4.69) is 15.0 Å². The van der Waals surface area contributed by atoms with Gasteiger partial charge in [-0.3, -0.25) is 0 Å². The molecule has 2 heterocycles. The highest BCUT2D eigenvalue weighted by molar-refractivity contribution is 5.83. The SMILES string of the molecule is Cc1cc(F)ccc1CN(C)c1ncnc2c1ncn2C(CO)CO. The van der Waals surface area contributed by atoms with Crippen LogP contribution < -0.4 is 4.90 Å². The van der Waals surface area contributed by atoms with Crippen LogP contribution in [0.3, 0.4) is 0 Å². The van der Waals surface area contributed by atoms with Gasteiger partial charge in [-0.15, -0.1) is 0 Å². The van der Waals surface area contributed by atoms with Gasteiger partial charge in [-0.25, -0.2) is 19.3 Å². The zero-order valence-electron chi connectivity index (χ0n) is 14.1. The summed E-state index contributed by atoms with van der Waals surface area (Å²) in [5.74, 6) is 0.369. The Morgan fingerprint density at radius 2 is 1.96 bits per heavy atom. The molecule has 0 saturated carbocycles. The quantitative estimate of drug-likeness (QED) is 0.703. The van der Waals surface area contributed by atoms with Crippen molar-refractivity contribution in [3.63, 3.8) is 0 Å². The summed E-state index contributed by atoms with van der Waals surface area (Å²) in [5, 5.41) is 18.8. The average molecular weight is 345 g/mol. The maximum Gasteiger partial charge on any atom is 0.165 e. The van der Waals surface area contributed by atoms with Crippen LogP contribution in [0.5, 0.6) is 0 Å². The van der Waals surface area contributed by atoms with Crippen molar-refractivity contribution < 1.29 is 14.6 Å². The Morgan fingerprint density at radius 1 is 1.20 bits per heavy atom. The predicted molar refractivity (Wildman–Crippen MR) is 91.8 cm³/mol. The van der Waals surface area contributed by atoms with Crippen LogP contribution in [0.25, 0.3) is 11.2 Å². The largest absolute Gasteiger partial charge is 0.394 e. The molecule has 0 radical (unpaired) electrons. The van der Waals surface area contributed by atoms with Gasteiger partial charge in [0.15, 0.2) is 17.0 Å². The Kier molecular flexibility index (Phi) is 4.91. The van der Waals surface area contributed by atoms with Gasteiger partial charge >= 0.3 is 0 Å². The normalized spacial score (nSPS) is 11.4. The van der Waals surface area contributed by atoms with Crippen LogP contribution in [-0.2, 0) is 6.54 Å². The summed E-state index contributed by atoms with van der Waals surface area (Å²) in [6.45, 7) is 1.97. The molecular weight excluding hydrogens is 325 g/mol. The number of aromatic nitrogens is 4. The molecule has 0 aliphatic heterocycles. The molecule has 25 heavy (non-hydrogen) atoms. The number of rotatable bonds is 6. The van der Waals surface area contributed by atoms with Crippen molar-refractivity contribution in [1.82, 2.24) is 19.5 Å². The summed E-state index contributed by atoms with van der Waals surface area (Å²) in [5.41, 5.74) is 2.97. The molecule has 0 spiro atoms. The molecule has 2 aromatic heterocycles. The van der Waals surface area contributed by atoms with Gasteiger partial charge < -0.3 is 19.7 Å². The monoisotopic (exact) mass is 345 g/mol. The molecule has 0 atom stereocenters. The fourth-order valence-corrected chi connectivity index (χ4v) is 2.79. The fourth-order valence-electron chi connectivity index (χ4n) is 2.79. The zero-order valence-corrected chi connectivity index (χ0v) is 14.1. The second kappa shape index (κ2) is 7.12. The third-order valence-electron chi connectivity index (χ3n) is 4.23. The van der Waals surface area contributed by atoms with E-state index in [4.69, 9.17) is 0 Å². The first-order valence-electron chi connectivity index (χ1n) is 7.90. The Balaban J connectivity index is 1.95. The Bertz CT molecular complexity index is 879. The molecule has 7 nitrogen and oxygen atoms in total. The summed E-state index contributed by atoms with van der Waals surface area (Å²) in [7, 11) is 1.87. The standard InChI is InChI=1S/C17H20FN5O2/c1-11-5-13(18)4-3-12(11)6-22(2)16-15-17(20-9-19-16)23(10-21-15)14(7-24)8-25/h3-5,9-10,14,24-25H,6-8H2,1-2H3. The van der Waals surface area contributed by atoms with Gasteiger partial charge in [0, 0.05) is 13.6 Å². The molecule has 0 unspecified atom stereocenters. The van der Waals surface area contributed by atoms with E-state index >= 15 is 0 Å². The lowest BCUT2D eigenvalue weighted by Crippen LogP contribution is -2.20. The topological polar surface area (TPSA) is 87.3 Å². The minimum atomic E-state index is -0.502. The molecule has 1 aromatic carbocycles. The molecule has 3 aromatic rings. The van der Waals surface area contributed by atoms with Gasteiger partial charge in [0.25, 0.3) is 0 Å². The number of anilines is 1. The number of imidazole rings is 1. The summed E-state index contributed by atoms with van der Waals surface area (Å²) in [6, 6.07) is 4.19. The number of nitrogens with zero attached hydrogens (tertiary/aromatic N) is 5. The molecule has 0 saturated heterocycles. The van der Waals surface area contributed by atoms with E-state index < -0.39 is 6.04 Å². The highest BCUT2D eigenvalue weighted by atomic mass is 19.1. The molecule has 3 rings (SSSR count). The predicted octanol–water partition coefficient (Wildman–Crippen LogP) is 1.44. The van der Waals surface area contributed by atoms with E-state index in [1.165, 1.54) is 24.8 Å². The number of benzene rings is 1. The minimum absolute atomic E-state index is 0.216. The highest BCUT2D eigenvalue weighted by Gasteiger charge is 2.18. The molecule has 132 valence electrons. The third-order valence-corrected chi connectivity index (χ3v) is 4.23. The first-order valence-corrected chi connectivity index (χ1v) is 7.90. The number of aliphatic hydroxyl groups excluding tert-OH is 2. The Hall–Kier alpha value is -2.58. The van der Waals surface area contributed by atoms with Gasteiger partial charge in [0.05, 0.1) is 25.6 Å². The van der Waals surface area contributed by atoms with Gasteiger partial charge in [-0.05, 0) is 30.2 Å².